The van der Waals surface area contributed by atoms with Gasteiger partial charge in [0.25, 0.3) is 5.91 Å². The van der Waals surface area contributed by atoms with E-state index in [1.807, 2.05) is 11.5 Å². The minimum atomic E-state index is -0.0482. The van der Waals surface area contributed by atoms with Crippen LogP contribution in [0.4, 0.5) is 5.69 Å². The Balaban J connectivity index is 1.63. The van der Waals surface area contributed by atoms with Crippen molar-refractivity contribution in [2.75, 3.05) is 12.3 Å². The number of nitrogen functional groups attached to an aromatic ring is 1. The number of carbonyl (C=O) groups excluding carboxylic acids is 1. The quantitative estimate of drug-likeness (QED) is 0.893. The zero-order chi connectivity index (χ0) is 14.1. The molecular weight excluding hydrogens is 250 g/mol. The summed E-state index contributed by atoms with van der Waals surface area (Å²) in [6.45, 7) is 3.43. The van der Waals surface area contributed by atoms with Gasteiger partial charge in [-0.05, 0) is 30.5 Å². The Bertz CT molecular complexity index is 645. The number of aromatic nitrogens is 1. The highest BCUT2D eigenvalue weighted by Gasteiger charge is 2.26. The fourth-order valence-electron chi connectivity index (χ4n) is 2.84. The van der Waals surface area contributed by atoms with E-state index < -0.39 is 0 Å². The molecule has 1 aromatic carbocycles. The molecule has 1 atom stereocenters. The average Bonchev–Trinajstić information content (AvgIpc) is 2.81. The van der Waals surface area contributed by atoms with Crippen molar-refractivity contribution in [2.45, 2.75) is 25.8 Å². The van der Waals surface area contributed by atoms with E-state index in [2.05, 4.69) is 29.6 Å². The molecule has 1 aliphatic carbocycles. The van der Waals surface area contributed by atoms with Gasteiger partial charge >= 0.3 is 0 Å². The largest absolute Gasteiger partial charge is 0.397 e. The summed E-state index contributed by atoms with van der Waals surface area (Å²) in [7, 11) is 0. The molecule has 1 aliphatic rings. The van der Waals surface area contributed by atoms with Crippen LogP contribution in [0, 0.1) is 0 Å². The van der Waals surface area contributed by atoms with E-state index in [-0.39, 0.29) is 5.91 Å². The topological polar surface area (TPSA) is 60.0 Å². The van der Waals surface area contributed by atoms with Crippen molar-refractivity contribution < 1.29 is 4.79 Å². The van der Waals surface area contributed by atoms with E-state index >= 15 is 0 Å². The maximum Gasteiger partial charge on any atom is 0.268 e. The molecule has 104 valence electrons. The highest BCUT2D eigenvalue weighted by molar-refractivity contribution is 5.93. The minimum absolute atomic E-state index is 0.0482. The number of amides is 1. The molecule has 0 saturated carbocycles. The number of hydrogen-bond donors (Lipinski definition) is 2. The number of fused-ring (bicyclic) bond motifs is 1. The molecule has 0 saturated heterocycles. The fraction of sp³-hybridized carbons (Fsp3) is 0.312. The zero-order valence-corrected chi connectivity index (χ0v) is 11.6. The van der Waals surface area contributed by atoms with Gasteiger partial charge in [0.1, 0.15) is 5.69 Å². The second-order valence-electron chi connectivity index (χ2n) is 5.25. The van der Waals surface area contributed by atoms with Gasteiger partial charge in [-0.25, -0.2) is 0 Å². The Kier molecular flexibility index (Phi) is 3.22. The van der Waals surface area contributed by atoms with Crippen molar-refractivity contribution in [1.82, 2.24) is 9.88 Å². The molecule has 1 amide bonds. The molecule has 2 aromatic rings. The average molecular weight is 269 g/mol. The van der Waals surface area contributed by atoms with E-state index in [0.717, 1.165) is 13.0 Å². The number of aryl methyl sites for hydroxylation is 1. The first-order chi connectivity index (χ1) is 9.69. The molecule has 4 heteroatoms. The van der Waals surface area contributed by atoms with Crippen molar-refractivity contribution in [3.05, 3.63) is 53.3 Å². The lowest BCUT2D eigenvalue weighted by atomic mass is 9.77. The van der Waals surface area contributed by atoms with Crippen LogP contribution < -0.4 is 11.1 Å². The number of anilines is 1. The van der Waals surface area contributed by atoms with E-state index in [4.69, 9.17) is 5.73 Å². The molecule has 0 aliphatic heterocycles. The summed E-state index contributed by atoms with van der Waals surface area (Å²) in [5.74, 6) is 0.394. The maximum absolute atomic E-state index is 12.2. The first-order valence-electron chi connectivity index (χ1n) is 7.00. The first-order valence-corrected chi connectivity index (χ1v) is 7.00. The monoisotopic (exact) mass is 269 g/mol. The van der Waals surface area contributed by atoms with E-state index in [9.17, 15) is 4.79 Å². The first kappa shape index (κ1) is 12.8. The Hall–Kier alpha value is -2.23. The number of hydrogen-bond acceptors (Lipinski definition) is 2. The van der Waals surface area contributed by atoms with Gasteiger partial charge < -0.3 is 15.6 Å². The molecule has 1 aromatic heterocycles. The van der Waals surface area contributed by atoms with Gasteiger partial charge in [-0.3, -0.25) is 4.79 Å². The minimum Gasteiger partial charge on any atom is -0.397 e. The molecule has 0 radical (unpaired) electrons. The van der Waals surface area contributed by atoms with Crippen LogP contribution in [0.5, 0.6) is 0 Å². The van der Waals surface area contributed by atoms with Gasteiger partial charge in [-0.2, -0.15) is 0 Å². The van der Waals surface area contributed by atoms with Gasteiger partial charge in [0.2, 0.25) is 0 Å². The van der Waals surface area contributed by atoms with Gasteiger partial charge in [-0.1, -0.05) is 24.3 Å². The molecule has 1 unspecified atom stereocenters. The number of carbonyl (C=O) groups is 1. The van der Waals surface area contributed by atoms with Gasteiger partial charge in [-0.15, -0.1) is 0 Å². The predicted molar refractivity (Wildman–Crippen MR) is 79.7 cm³/mol. The lowest BCUT2D eigenvalue weighted by Crippen LogP contribution is -2.34. The summed E-state index contributed by atoms with van der Waals surface area (Å²) in [5, 5.41) is 3.01. The normalized spacial score (nSPS) is 16.4. The van der Waals surface area contributed by atoms with Crippen LogP contribution in [-0.4, -0.2) is 17.0 Å². The van der Waals surface area contributed by atoms with Crippen molar-refractivity contribution in [3.63, 3.8) is 0 Å². The number of rotatable bonds is 4. The number of benzene rings is 1. The number of nitrogens with one attached hydrogen (secondary N) is 1. The third-order valence-corrected chi connectivity index (χ3v) is 3.96. The molecular formula is C16H19N3O. The van der Waals surface area contributed by atoms with Crippen molar-refractivity contribution >= 4 is 11.6 Å². The van der Waals surface area contributed by atoms with Gasteiger partial charge in [0.05, 0.1) is 5.69 Å². The summed E-state index contributed by atoms with van der Waals surface area (Å²) in [6.07, 6.45) is 2.85. The van der Waals surface area contributed by atoms with Crippen LogP contribution in [0.1, 0.15) is 34.5 Å². The molecule has 0 bridgehead atoms. The molecule has 0 fully saturated rings. The van der Waals surface area contributed by atoms with Crippen LogP contribution in [0.2, 0.25) is 0 Å². The number of nitrogens with two attached hydrogens (primary N) is 1. The zero-order valence-electron chi connectivity index (χ0n) is 11.6. The van der Waals surface area contributed by atoms with Crippen molar-refractivity contribution in [1.29, 1.82) is 0 Å². The van der Waals surface area contributed by atoms with Crippen LogP contribution >= 0.6 is 0 Å². The Morgan fingerprint density at radius 3 is 3.00 bits per heavy atom. The fourth-order valence-corrected chi connectivity index (χ4v) is 2.84. The third-order valence-electron chi connectivity index (χ3n) is 3.96. The van der Waals surface area contributed by atoms with Crippen molar-refractivity contribution in [3.8, 4) is 0 Å². The lowest BCUT2D eigenvalue weighted by Gasteiger charge is -2.30. The van der Waals surface area contributed by atoms with E-state index in [0.29, 0.717) is 23.8 Å². The summed E-state index contributed by atoms with van der Waals surface area (Å²) < 4.78 is 1.87. The highest BCUT2D eigenvalue weighted by atomic mass is 16.1. The molecule has 4 nitrogen and oxygen atoms in total. The SMILES string of the molecule is CCn1cc(N)cc1C(=O)NCC1Cc2ccccc21. The van der Waals surface area contributed by atoms with Crippen LogP contribution in [0.3, 0.4) is 0 Å². The van der Waals surface area contributed by atoms with Crippen molar-refractivity contribution in [2.24, 2.45) is 0 Å². The summed E-state index contributed by atoms with van der Waals surface area (Å²) in [4.78, 5) is 12.2. The van der Waals surface area contributed by atoms with Gasteiger partial charge in [0.15, 0.2) is 0 Å². The summed E-state index contributed by atoms with van der Waals surface area (Å²) in [5.41, 5.74) is 9.77. The molecule has 20 heavy (non-hydrogen) atoms. The third kappa shape index (κ3) is 2.18. The second kappa shape index (κ2) is 5.04. The van der Waals surface area contributed by atoms with Crippen LogP contribution in [-0.2, 0) is 13.0 Å². The van der Waals surface area contributed by atoms with Crippen LogP contribution in [0.25, 0.3) is 0 Å². The molecule has 3 rings (SSSR count). The molecule has 0 spiro atoms. The van der Waals surface area contributed by atoms with Gasteiger partial charge in [0, 0.05) is 25.2 Å². The Labute approximate surface area is 118 Å². The standard InChI is InChI=1S/C16H19N3O/c1-2-19-10-13(17)8-15(19)16(20)18-9-12-7-11-5-3-4-6-14(11)12/h3-6,8,10,12H,2,7,9,17H2,1H3,(H,18,20). The summed E-state index contributed by atoms with van der Waals surface area (Å²) in [6, 6.07) is 10.1. The Morgan fingerprint density at radius 2 is 2.25 bits per heavy atom. The predicted octanol–water partition coefficient (Wildman–Crippen LogP) is 2.16. The highest BCUT2D eigenvalue weighted by Crippen LogP contribution is 2.34. The molecule has 1 heterocycles. The lowest BCUT2D eigenvalue weighted by molar-refractivity contribution is 0.0941. The van der Waals surface area contributed by atoms with Crippen LogP contribution in [0.15, 0.2) is 36.5 Å². The van der Waals surface area contributed by atoms with E-state index in [1.54, 1.807) is 12.3 Å². The number of nitrogens with zero attached hydrogens (tertiary/aromatic N) is 1. The van der Waals surface area contributed by atoms with E-state index in [1.165, 1.54) is 11.1 Å². The summed E-state index contributed by atoms with van der Waals surface area (Å²) >= 11 is 0. The maximum atomic E-state index is 12.2. The Morgan fingerprint density at radius 1 is 1.45 bits per heavy atom. The smallest absolute Gasteiger partial charge is 0.268 e. The second-order valence-corrected chi connectivity index (χ2v) is 5.25. The molecule has 3 N–H and O–H groups in total.